The molecular weight excluding hydrogens is 342 g/mol. The van der Waals surface area contributed by atoms with E-state index in [0.717, 1.165) is 14.9 Å². The molecule has 1 aromatic carbocycles. The Kier molecular flexibility index (Phi) is 5.28. The molecule has 0 spiro atoms. The summed E-state index contributed by atoms with van der Waals surface area (Å²) in [5.74, 6) is 1.84. The van der Waals surface area contributed by atoms with Gasteiger partial charge in [-0.15, -0.1) is 11.3 Å². The first-order valence-corrected chi connectivity index (χ1v) is 7.66. The number of nitrogens with two attached hydrogens (primary N) is 1. The van der Waals surface area contributed by atoms with Crippen LogP contribution in [0.5, 0.6) is 17.2 Å². The van der Waals surface area contributed by atoms with Gasteiger partial charge in [0, 0.05) is 21.3 Å². The summed E-state index contributed by atoms with van der Waals surface area (Å²) in [5.41, 5.74) is 6.59. The summed E-state index contributed by atoms with van der Waals surface area (Å²) in [7, 11) is 3.20. The van der Waals surface area contributed by atoms with Crippen molar-refractivity contribution in [3.63, 3.8) is 0 Å². The van der Waals surface area contributed by atoms with Gasteiger partial charge in [-0.1, -0.05) is 0 Å². The van der Waals surface area contributed by atoms with E-state index in [9.17, 15) is 0 Å². The topological polar surface area (TPSA) is 53.7 Å². The second-order valence-corrected chi connectivity index (χ2v) is 5.96. The fourth-order valence-corrected chi connectivity index (χ4v) is 3.13. The van der Waals surface area contributed by atoms with Gasteiger partial charge in [0.1, 0.15) is 6.61 Å². The van der Waals surface area contributed by atoms with E-state index in [1.54, 1.807) is 25.6 Å². The minimum Gasteiger partial charge on any atom is -0.493 e. The van der Waals surface area contributed by atoms with Gasteiger partial charge in [-0.25, -0.2) is 0 Å². The van der Waals surface area contributed by atoms with Crippen molar-refractivity contribution < 1.29 is 14.2 Å². The summed E-state index contributed by atoms with van der Waals surface area (Å²) in [6, 6.07) is 5.75. The molecule has 108 valence electrons. The van der Waals surface area contributed by atoms with E-state index in [1.165, 1.54) is 0 Å². The van der Waals surface area contributed by atoms with Gasteiger partial charge in [0.25, 0.3) is 0 Å². The Morgan fingerprint density at radius 3 is 2.25 bits per heavy atom. The number of rotatable bonds is 6. The molecule has 1 aromatic heterocycles. The molecule has 0 saturated heterocycles. The first kappa shape index (κ1) is 15.2. The van der Waals surface area contributed by atoms with Gasteiger partial charge in [0.05, 0.1) is 14.2 Å². The van der Waals surface area contributed by atoms with E-state index in [1.807, 2.05) is 23.6 Å². The molecule has 2 N–H and O–H groups in total. The van der Waals surface area contributed by atoms with Crippen LogP contribution < -0.4 is 19.9 Å². The molecule has 0 aliphatic carbocycles. The van der Waals surface area contributed by atoms with Gasteiger partial charge >= 0.3 is 0 Å². The van der Waals surface area contributed by atoms with Gasteiger partial charge in [0.15, 0.2) is 11.5 Å². The predicted molar refractivity (Wildman–Crippen MR) is 83.8 cm³/mol. The highest BCUT2D eigenvalue weighted by atomic mass is 79.9. The molecule has 0 unspecified atom stereocenters. The standard InChI is InChI=1S/C14H16BrNO3S/c1-17-12-3-9(6-16)4-13(18-2)14(12)19-7-11-5-10(15)8-20-11/h3-5,8H,6-7,16H2,1-2H3. The number of methoxy groups -OCH3 is 2. The zero-order valence-electron chi connectivity index (χ0n) is 11.3. The third-order valence-electron chi connectivity index (χ3n) is 2.74. The highest BCUT2D eigenvalue weighted by Gasteiger charge is 2.14. The average molecular weight is 358 g/mol. The van der Waals surface area contributed by atoms with Crippen molar-refractivity contribution in [1.82, 2.24) is 0 Å². The van der Waals surface area contributed by atoms with Crippen LogP contribution in [-0.4, -0.2) is 14.2 Å². The van der Waals surface area contributed by atoms with Gasteiger partial charge in [0.2, 0.25) is 5.75 Å². The van der Waals surface area contributed by atoms with Crippen molar-refractivity contribution in [2.45, 2.75) is 13.2 Å². The molecule has 0 aliphatic heterocycles. The SMILES string of the molecule is COc1cc(CN)cc(OC)c1OCc1cc(Br)cs1. The lowest BCUT2D eigenvalue weighted by Gasteiger charge is -2.15. The van der Waals surface area contributed by atoms with Gasteiger partial charge in [-0.2, -0.15) is 0 Å². The second kappa shape index (κ2) is 6.97. The minimum atomic E-state index is 0.421. The predicted octanol–water partition coefficient (Wildman–Crippen LogP) is 3.57. The van der Waals surface area contributed by atoms with E-state index in [2.05, 4.69) is 15.9 Å². The van der Waals surface area contributed by atoms with Gasteiger partial charge in [-0.3, -0.25) is 0 Å². The lowest BCUT2D eigenvalue weighted by molar-refractivity contribution is 0.268. The van der Waals surface area contributed by atoms with Crippen molar-refractivity contribution in [1.29, 1.82) is 0 Å². The molecule has 0 fully saturated rings. The monoisotopic (exact) mass is 357 g/mol. The number of thiophene rings is 1. The van der Waals surface area contributed by atoms with E-state index in [4.69, 9.17) is 19.9 Å². The van der Waals surface area contributed by atoms with Crippen LogP contribution in [0.4, 0.5) is 0 Å². The van der Waals surface area contributed by atoms with Crippen LogP contribution in [0.1, 0.15) is 10.4 Å². The first-order valence-electron chi connectivity index (χ1n) is 5.98. The van der Waals surface area contributed by atoms with Crippen molar-refractivity contribution in [3.8, 4) is 17.2 Å². The van der Waals surface area contributed by atoms with Crippen molar-refractivity contribution >= 4 is 27.3 Å². The molecule has 20 heavy (non-hydrogen) atoms. The Labute approximate surface area is 130 Å². The Hall–Kier alpha value is -1.24. The molecule has 0 amide bonds. The smallest absolute Gasteiger partial charge is 0.203 e. The van der Waals surface area contributed by atoms with Crippen LogP contribution in [0.3, 0.4) is 0 Å². The summed E-state index contributed by atoms with van der Waals surface area (Å²) in [6.07, 6.45) is 0. The molecule has 4 nitrogen and oxygen atoms in total. The number of halogens is 1. The highest BCUT2D eigenvalue weighted by Crippen LogP contribution is 2.39. The quantitative estimate of drug-likeness (QED) is 0.858. The number of hydrogen-bond acceptors (Lipinski definition) is 5. The molecule has 0 bridgehead atoms. The Morgan fingerprint density at radius 1 is 1.15 bits per heavy atom. The first-order chi connectivity index (χ1) is 9.67. The summed E-state index contributed by atoms with van der Waals surface area (Å²) >= 11 is 5.05. The van der Waals surface area contributed by atoms with Crippen LogP contribution in [0, 0.1) is 0 Å². The van der Waals surface area contributed by atoms with Crippen LogP contribution in [0.2, 0.25) is 0 Å². The molecule has 0 aliphatic rings. The minimum absolute atomic E-state index is 0.421. The van der Waals surface area contributed by atoms with E-state index < -0.39 is 0 Å². The average Bonchev–Trinajstić information content (AvgIpc) is 2.89. The number of hydrogen-bond donors (Lipinski definition) is 1. The normalized spacial score (nSPS) is 10.4. The number of benzene rings is 1. The fourth-order valence-electron chi connectivity index (χ4n) is 1.77. The zero-order chi connectivity index (χ0) is 14.5. The van der Waals surface area contributed by atoms with Crippen LogP contribution >= 0.6 is 27.3 Å². The van der Waals surface area contributed by atoms with E-state index >= 15 is 0 Å². The fraction of sp³-hybridized carbons (Fsp3) is 0.286. The maximum atomic E-state index is 5.85. The van der Waals surface area contributed by atoms with Crippen molar-refractivity contribution in [2.24, 2.45) is 5.73 Å². The van der Waals surface area contributed by atoms with Crippen LogP contribution in [0.25, 0.3) is 0 Å². The second-order valence-electron chi connectivity index (χ2n) is 4.05. The van der Waals surface area contributed by atoms with Crippen LogP contribution in [-0.2, 0) is 13.2 Å². The molecule has 0 saturated carbocycles. The van der Waals surface area contributed by atoms with E-state index in [0.29, 0.717) is 30.4 Å². The lowest BCUT2D eigenvalue weighted by Crippen LogP contribution is -2.02. The molecule has 1 heterocycles. The zero-order valence-corrected chi connectivity index (χ0v) is 13.7. The maximum Gasteiger partial charge on any atom is 0.203 e. The maximum absolute atomic E-state index is 5.85. The third-order valence-corrected chi connectivity index (χ3v) is 4.41. The molecular formula is C14H16BrNO3S. The molecule has 0 atom stereocenters. The Balaban J connectivity index is 2.24. The molecule has 0 radical (unpaired) electrons. The molecule has 2 rings (SSSR count). The van der Waals surface area contributed by atoms with Crippen LogP contribution in [0.15, 0.2) is 28.1 Å². The largest absolute Gasteiger partial charge is 0.493 e. The van der Waals surface area contributed by atoms with Gasteiger partial charge in [-0.05, 0) is 39.7 Å². The summed E-state index contributed by atoms with van der Waals surface area (Å²) in [5, 5.41) is 2.02. The van der Waals surface area contributed by atoms with Gasteiger partial charge < -0.3 is 19.9 Å². The highest BCUT2D eigenvalue weighted by molar-refractivity contribution is 9.10. The summed E-state index contributed by atoms with van der Waals surface area (Å²) < 4.78 is 17.6. The Morgan fingerprint density at radius 2 is 1.80 bits per heavy atom. The molecule has 2 aromatic rings. The van der Waals surface area contributed by atoms with Crippen molar-refractivity contribution in [3.05, 3.63) is 38.5 Å². The van der Waals surface area contributed by atoms with Crippen molar-refractivity contribution in [2.75, 3.05) is 14.2 Å². The van der Waals surface area contributed by atoms with E-state index in [-0.39, 0.29) is 0 Å². The summed E-state index contributed by atoms with van der Waals surface area (Å²) in [4.78, 5) is 1.11. The summed E-state index contributed by atoms with van der Waals surface area (Å²) in [6.45, 7) is 0.885. The molecule has 6 heteroatoms. The number of ether oxygens (including phenoxy) is 3. The Bertz CT molecular complexity index is 561. The third kappa shape index (κ3) is 3.45. The lowest BCUT2D eigenvalue weighted by atomic mass is 10.2.